The summed E-state index contributed by atoms with van der Waals surface area (Å²) in [5, 5.41) is 3.69. The maximum absolute atomic E-state index is 13.1. The Kier molecular flexibility index (Phi) is 3.27. The van der Waals surface area contributed by atoms with Crippen LogP contribution in [0.2, 0.25) is 0 Å². The number of ether oxygens (including phenoxy) is 1. The lowest BCUT2D eigenvalue weighted by Gasteiger charge is -2.31. The van der Waals surface area contributed by atoms with Gasteiger partial charge < -0.3 is 4.74 Å². The maximum Gasteiger partial charge on any atom is 0.342 e. The van der Waals surface area contributed by atoms with Gasteiger partial charge in [-0.25, -0.2) is 13.6 Å². The van der Waals surface area contributed by atoms with Crippen LogP contribution in [0, 0.1) is 5.92 Å². The molecular weight excluding hydrogens is 314 g/mol. The first-order valence-electron chi connectivity index (χ1n) is 8.08. The van der Waals surface area contributed by atoms with E-state index in [4.69, 9.17) is 4.74 Å². The van der Waals surface area contributed by atoms with Crippen LogP contribution in [0.5, 0.6) is 0 Å². The van der Waals surface area contributed by atoms with E-state index in [9.17, 15) is 13.6 Å². The van der Waals surface area contributed by atoms with E-state index in [0.717, 1.165) is 18.4 Å². The van der Waals surface area contributed by atoms with Crippen molar-refractivity contribution < 1.29 is 18.3 Å². The van der Waals surface area contributed by atoms with Crippen LogP contribution < -0.4 is 0 Å². The van der Waals surface area contributed by atoms with Gasteiger partial charge in [0.2, 0.25) is 0 Å². The second-order valence-electron chi connectivity index (χ2n) is 6.70. The van der Waals surface area contributed by atoms with Crippen LogP contribution in [-0.4, -0.2) is 15.7 Å². The number of aryl methyl sites for hydroxylation is 1. The Bertz CT molecular complexity index is 817. The molecule has 0 radical (unpaired) electrons. The molecule has 2 aliphatic carbocycles. The van der Waals surface area contributed by atoms with E-state index >= 15 is 0 Å². The van der Waals surface area contributed by atoms with Gasteiger partial charge in [0.1, 0.15) is 16.9 Å². The summed E-state index contributed by atoms with van der Waals surface area (Å²) in [7, 11) is 1.51. The number of alkyl halides is 2. The number of carbonyl (C=O) groups is 1. The molecule has 0 N–H and O–H groups in total. The number of nitrogens with zero attached hydrogens (tertiary/aromatic N) is 2. The standard InChI is InChI=1S/C18H18F2N2O2/c1-10-11-7-8-18(10,14-6-4-3-5-12(11)14)24-17(23)13-9-22(2)21-15(13)16(19)20/h3-6,9-11,16H,7-8H2,1-2H3/t10?,11?,18-/m1/s1. The predicted molar refractivity (Wildman–Crippen MR) is 82.8 cm³/mol. The molecule has 2 aromatic rings. The van der Waals surface area contributed by atoms with Gasteiger partial charge >= 0.3 is 5.97 Å². The molecule has 1 aromatic heterocycles. The van der Waals surface area contributed by atoms with E-state index in [0.29, 0.717) is 5.92 Å². The monoisotopic (exact) mass is 332 g/mol. The Hall–Kier alpha value is -2.24. The van der Waals surface area contributed by atoms with Gasteiger partial charge in [0.15, 0.2) is 0 Å². The molecule has 126 valence electrons. The minimum Gasteiger partial charge on any atom is -0.450 e. The minimum atomic E-state index is -2.81. The van der Waals surface area contributed by atoms with Crippen molar-refractivity contribution in [1.29, 1.82) is 0 Å². The molecular formula is C18H18F2N2O2. The van der Waals surface area contributed by atoms with Crippen molar-refractivity contribution in [2.24, 2.45) is 13.0 Å². The second kappa shape index (κ2) is 5.13. The Balaban J connectivity index is 1.72. The highest BCUT2D eigenvalue weighted by atomic mass is 19.3. The highest BCUT2D eigenvalue weighted by molar-refractivity contribution is 5.91. The Labute approximate surface area is 138 Å². The molecule has 3 atom stereocenters. The maximum atomic E-state index is 13.1. The molecule has 0 spiro atoms. The third-order valence-corrected chi connectivity index (χ3v) is 5.54. The van der Waals surface area contributed by atoms with Crippen molar-refractivity contribution in [3.8, 4) is 0 Å². The fourth-order valence-corrected chi connectivity index (χ4v) is 4.43. The van der Waals surface area contributed by atoms with Gasteiger partial charge in [-0.15, -0.1) is 0 Å². The van der Waals surface area contributed by atoms with E-state index in [1.807, 2.05) is 18.2 Å². The molecule has 0 amide bonds. The minimum absolute atomic E-state index is 0.144. The third-order valence-electron chi connectivity index (χ3n) is 5.54. The molecule has 2 aliphatic rings. The summed E-state index contributed by atoms with van der Waals surface area (Å²) in [6.07, 6.45) is 0.167. The summed E-state index contributed by atoms with van der Waals surface area (Å²) in [4.78, 5) is 12.7. The number of rotatable bonds is 3. The molecule has 4 nitrogen and oxygen atoms in total. The number of fused-ring (bicyclic) bond motifs is 5. The van der Waals surface area contributed by atoms with E-state index in [2.05, 4.69) is 18.1 Å². The predicted octanol–water partition coefficient (Wildman–Crippen LogP) is 3.94. The lowest BCUT2D eigenvalue weighted by Crippen LogP contribution is -2.33. The molecule has 2 unspecified atom stereocenters. The van der Waals surface area contributed by atoms with E-state index in [1.165, 1.54) is 23.5 Å². The molecule has 2 bridgehead atoms. The SMILES string of the molecule is CC1C2CC[C@]1(OC(=O)c1cn(C)nc1C(F)F)c1ccccc12. The average Bonchev–Trinajstić information content (AvgIpc) is 3.16. The molecule has 6 heteroatoms. The lowest BCUT2D eigenvalue weighted by molar-refractivity contribution is -0.0360. The fraction of sp³-hybridized carbons (Fsp3) is 0.444. The highest BCUT2D eigenvalue weighted by Gasteiger charge is 2.57. The largest absolute Gasteiger partial charge is 0.450 e. The summed E-state index contributed by atoms with van der Waals surface area (Å²) < 4.78 is 33.4. The van der Waals surface area contributed by atoms with E-state index < -0.39 is 23.7 Å². The van der Waals surface area contributed by atoms with Gasteiger partial charge in [0.05, 0.1) is 0 Å². The van der Waals surface area contributed by atoms with Crippen LogP contribution in [0.1, 0.15) is 59.3 Å². The Morgan fingerprint density at radius 2 is 2.17 bits per heavy atom. The van der Waals surface area contributed by atoms with Gasteiger partial charge in [0, 0.05) is 19.2 Å². The summed E-state index contributed by atoms with van der Waals surface area (Å²) >= 11 is 0. The van der Waals surface area contributed by atoms with Crippen molar-refractivity contribution in [3.05, 3.63) is 52.8 Å². The summed E-state index contributed by atoms with van der Waals surface area (Å²) in [5.74, 6) is -0.217. The van der Waals surface area contributed by atoms with Crippen LogP contribution in [0.3, 0.4) is 0 Å². The fourth-order valence-electron chi connectivity index (χ4n) is 4.43. The van der Waals surface area contributed by atoms with Crippen LogP contribution in [-0.2, 0) is 17.4 Å². The second-order valence-corrected chi connectivity index (χ2v) is 6.70. The molecule has 1 saturated carbocycles. The molecule has 1 heterocycles. The highest BCUT2D eigenvalue weighted by Crippen LogP contribution is 2.61. The van der Waals surface area contributed by atoms with Crippen molar-refractivity contribution in [2.45, 2.75) is 37.7 Å². The number of hydrogen-bond donors (Lipinski definition) is 0. The number of hydrogen-bond acceptors (Lipinski definition) is 3. The number of carbonyl (C=O) groups excluding carboxylic acids is 1. The van der Waals surface area contributed by atoms with Gasteiger partial charge in [-0.3, -0.25) is 4.68 Å². The van der Waals surface area contributed by atoms with Crippen LogP contribution in [0.25, 0.3) is 0 Å². The Morgan fingerprint density at radius 1 is 1.42 bits per heavy atom. The lowest BCUT2D eigenvalue weighted by atomic mass is 9.88. The summed E-state index contributed by atoms with van der Waals surface area (Å²) in [6.45, 7) is 2.07. The topological polar surface area (TPSA) is 44.1 Å². The molecule has 1 fully saturated rings. The van der Waals surface area contributed by atoms with Crippen molar-refractivity contribution >= 4 is 5.97 Å². The van der Waals surface area contributed by atoms with Gasteiger partial charge in [0.25, 0.3) is 6.43 Å². The van der Waals surface area contributed by atoms with E-state index in [-0.39, 0.29) is 11.5 Å². The number of esters is 1. The van der Waals surface area contributed by atoms with Crippen LogP contribution in [0.15, 0.2) is 30.5 Å². The van der Waals surface area contributed by atoms with Crippen molar-refractivity contribution in [2.75, 3.05) is 0 Å². The zero-order valence-electron chi connectivity index (χ0n) is 13.5. The van der Waals surface area contributed by atoms with Crippen molar-refractivity contribution in [1.82, 2.24) is 9.78 Å². The number of halogens is 2. The molecule has 4 rings (SSSR count). The van der Waals surface area contributed by atoms with Gasteiger partial charge in [-0.2, -0.15) is 5.10 Å². The number of benzene rings is 1. The molecule has 24 heavy (non-hydrogen) atoms. The summed E-state index contributed by atoms with van der Waals surface area (Å²) in [5.41, 5.74) is 0.844. The zero-order valence-corrected chi connectivity index (χ0v) is 13.5. The Morgan fingerprint density at radius 3 is 2.92 bits per heavy atom. The first-order valence-corrected chi connectivity index (χ1v) is 8.08. The van der Waals surface area contributed by atoms with E-state index in [1.54, 1.807) is 0 Å². The normalized spacial score (nSPS) is 27.5. The van der Waals surface area contributed by atoms with Crippen molar-refractivity contribution in [3.63, 3.8) is 0 Å². The third kappa shape index (κ3) is 1.95. The number of aromatic nitrogens is 2. The molecule has 1 aromatic carbocycles. The van der Waals surface area contributed by atoms with Gasteiger partial charge in [-0.05, 0) is 29.9 Å². The first kappa shape index (κ1) is 15.3. The van der Waals surface area contributed by atoms with Gasteiger partial charge in [-0.1, -0.05) is 31.2 Å². The quantitative estimate of drug-likeness (QED) is 0.800. The average molecular weight is 332 g/mol. The van der Waals surface area contributed by atoms with Crippen LogP contribution >= 0.6 is 0 Å². The molecule has 0 aliphatic heterocycles. The smallest absolute Gasteiger partial charge is 0.342 e. The first-order chi connectivity index (χ1) is 11.4. The van der Waals surface area contributed by atoms with Crippen LogP contribution in [0.4, 0.5) is 8.78 Å². The zero-order chi connectivity index (χ0) is 17.1. The molecule has 0 saturated heterocycles. The summed E-state index contributed by atoms with van der Waals surface area (Å²) in [6, 6.07) is 7.96.